The summed E-state index contributed by atoms with van der Waals surface area (Å²) in [6.45, 7) is 0.521. The van der Waals surface area contributed by atoms with E-state index in [0.29, 0.717) is 24.2 Å². The molecule has 2 amide bonds. The van der Waals surface area contributed by atoms with Crippen molar-refractivity contribution >= 4 is 33.4 Å². The first-order valence-corrected chi connectivity index (χ1v) is 9.59. The summed E-state index contributed by atoms with van der Waals surface area (Å²) in [6, 6.07) is 18.3. The highest BCUT2D eigenvalue weighted by Gasteiger charge is 2.11. The Morgan fingerprint density at radius 2 is 1.82 bits per heavy atom. The van der Waals surface area contributed by atoms with Crippen LogP contribution in [0.3, 0.4) is 0 Å². The number of aromatic nitrogens is 1. The Morgan fingerprint density at radius 1 is 1.04 bits per heavy atom. The van der Waals surface area contributed by atoms with Crippen LogP contribution in [0, 0.1) is 0 Å². The van der Waals surface area contributed by atoms with Crippen LogP contribution in [0.5, 0.6) is 0 Å². The number of hydrogen-bond donors (Lipinski definition) is 1. The molecule has 0 saturated carbocycles. The van der Waals surface area contributed by atoms with Gasteiger partial charge in [-0.2, -0.15) is 0 Å². The molecule has 28 heavy (non-hydrogen) atoms. The molecular weight excluding hydrogens is 418 g/mol. The molecule has 5 nitrogen and oxygen atoms in total. The summed E-state index contributed by atoms with van der Waals surface area (Å²) in [7, 11) is 1.78. The Labute approximate surface area is 172 Å². The quantitative estimate of drug-likeness (QED) is 0.625. The summed E-state index contributed by atoms with van der Waals surface area (Å²) < 4.78 is 0.851. The van der Waals surface area contributed by atoms with Crippen LogP contribution in [0.15, 0.2) is 77.5 Å². The van der Waals surface area contributed by atoms with Gasteiger partial charge in [-0.1, -0.05) is 40.2 Å². The first-order valence-electron chi connectivity index (χ1n) is 8.80. The van der Waals surface area contributed by atoms with Crippen molar-refractivity contribution in [2.45, 2.75) is 13.0 Å². The minimum absolute atomic E-state index is 0.0229. The number of hydrogen-bond acceptors (Lipinski definition) is 3. The van der Waals surface area contributed by atoms with Gasteiger partial charge in [0.2, 0.25) is 5.91 Å². The minimum Gasteiger partial charge on any atom is -0.341 e. The van der Waals surface area contributed by atoms with Crippen molar-refractivity contribution in [3.05, 3.63) is 94.2 Å². The third-order valence-corrected chi connectivity index (χ3v) is 4.72. The third-order valence-electron chi connectivity index (χ3n) is 4.22. The molecule has 3 rings (SSSR count). The van der Waals surface area contributed by atoms with Gasteiger partial charge >= 0.3 is 0 Å². The smallest absolute Gasteiger partial charge is 0.255 e. The highest BCUT2D eigenvalue weighted by Crippen LogP contribution is 2.15. The number of nitrogens with zero attached hydrogens (tertiary/aromatic N) is 2. The number of pyridine rings is 1. The number of carbonyl (C=O) groups is 2. The summed E-state index contributed by atoms with van der Waals surface area (Å²) in [4.78, 5) is 30.5. The van der Waals surface area contributed by atoms with E-state index in [4.69, 9.17) is 0 Å². The van der Waals surface area contributed by atoms with Crippen molar-refractivity contribution in [1.29, 1.82) is 0 Å². The van der Waals surface area contributed by atoms with E-state index in [-0.39, 0.29) is 11.8 Å². The molecule has 0 radical (unpaired) electrons. The predicted molar refractivity (Wildman–Crippen MR) is 113 cm³/mol. The zero-order chi connectivity index (χ0) is 19.9. The lowest BCUT2D eigenvalue weighted by molar-refractivity contribution is -0.129. The van der Waals surface area contributed by atoms with Gasteiger partial charge in [0.05, 0.1) is 6.42 Å². The average molecular weight is 438 g/mol. The minimum atomic E-state index is -0.179. The summed E-state index contributed by atoms with van der Waals surface area (Å²) in [5, 5.41) is 2.86. The Kier molecular flexibility index (Phi) is 6.55. The summed E-state index contributed by atoms with van der Waals surface area (Å²) in [5.41, 5.74) is 3.14. The predicted octanol–water partition coefficient (Wildman–Crippen LogP) is 4.30. The monoisotopic (exact) mass is 437 g/mol. The molecule has 0 aliphatic carbocycles. The van der Waals surface area contributed by atoms with Crippen LogP contribution in [0.4, 0.5) is 5.69 Å². The summed E-state index contributed by atoms with van der Waals surface area (Å²) >= 11 is 3.36. The van der Waals surface area contributed by atoms with E-state index in [2.05, 4.69) is 26.2 Å². The van der Waals surface area contributed by atoms with Crippen molar-refractivity contribution in [3.8, 4) is 0 Å². The Balaban J connectivity index is 1.56. The number of likely N-dealkylation sites (N-methyl/N-ethyl adjacent to an activating group) is 1. The molecule has 0 aliphatic heterocycles. The molecule has 0 unspecified atom stereocenters. The number of nitrogens with one attached hydrogen (secondary N) is 1. The largest absolute Gasteiger partial charge is 0.341 e. The molecule has 0 saturated heterocycles. The van der Waals surface area contributed by atoms with E-state index in [9.17, 15) is 9.59 Å². The molecule has 1 N–H and O–H groups in total. The van der Waals surface area contributed by atoms with Gasteiger partial charge in [-0.25, -0.2) is 0 Å². The van der Waals surface area contributed by atoms with Crippen molar-refractivity contribution in [1.82, 2.24) is 9.88 Å². The van der Waals surface area contributed by atoms with Gasteiger partial charge in [-0.05, 0) is 47.5 Å². The van der Waals surface area contributed by atoms with Crippen LogP contribution in [0.2, 0.25) is 0 Å². The van der Waals surface area contributed by atoms with Gasteiger partial charge < -0.3 is 10.2 Å². The van der Waals surface area contributed by atoms with Gasteiger partial charge in [0.15, 0.2) is 0 Å². The van der Waals surface area contributed by atoms with E-state index < -0.39 is 0 Å². The lowest BCUT2D eigenvalue weighted by Crippen LogP contribution is -2.27. The van der Waals surface area contributed by atoms with Gasteiger partial charge in [0.1, 0.15) is 0 Å². The van der Waals surface area contributed by atoms with Gasteiger partial charge in [0, 0.05) is 41.7 Å². The molecule has 2 aromatic carbocycles. The molecular formula is C22H20BrN3O2. The lowest BCUT2D eigenvalue weighted by Gasteiger charge is -2.17. The average Bonchev–Trinajstić information content (AvgIpc) is 2.70. The highest BCUT2D eigenvalue weighted by atomic mass is 79.9. The van der Waals surface area contributed by atoms with Crippen LogP contribution in [0.1, 0.15) is 21.5 Å². The van der Waals surface area contributed by atoms with Crippen LogP contribution in [-0.2, 0) is 17.8 Å². The molecule has 1 heterocycles. The molecule has 0 fully saturated rings. The molecule has 1 aromatic heterocycles. The zero-order valence-electron chi connectivity index (χ0n) is 15.4. The fourth-order valence-electron chi connectivity index (χ4n) is 2.70. The maximum atomic E-state index is 12.4. The number of benzene rings is 2. The van der Waals surface area contributed by atoms with Crippen molar-refractivity contribution in [3.63, 3.8) is 0 Å². The van der Waals surface area contributed by atoms with Crippen LogP contribution in [0.25, 0.3) is 0 Å². The number of carbonyl (C=O) groups excluding carboxylic acids is 2. The number of amides is 2. The second-order valence-electron chi connectivity index (χ2n) is 6.45. The topological polar surface area (TPSA) is 62.3 Å². The zero-order valence-corrected chi connectivity index (χ0v) is 17.0. The summed E-state index contributed by atoms with van der Waals surface area (Å²) in [6.07, 6.45) is 3.77. The standard InChI is InChI=1S/C22H20BrN3O2/c1-26(15-17-4-3-11-24-14-17)21(27)12-16-7-9-20(10-8-16)25-22(28)18-5-2-6-19(23)13-18/h2-11,13-14H,12,15H2,1H3,(H,25,28). The maximum Gasteiger partial charge on any atom is 0.255 e. The fraction of sp³-hybridized carbons (Fsp3) is 0.136. The molecule has 0 spiro atoms. The molecule has 0 atom stereocenters. The summed E-state index contributed by atoms with van der Waals surface area (Å²) in [5.74, 6) is -0.156. The second-order valence-corrected chi connectivity index (χ2v) is 7.36. The fourth-order valence-corrected chi connectivity index (χ4v) is 3.10. The molecule has 0 aliphatic rings. The number of rotatable bonds is 6. The molecule has 142 valence electrons. The Bertz CT molecular complexity index is 959. The molecule has 6 heteroatoms. The Morgan fingerprint density at radius 3 is 2.50 bits per heavy atom. The van der Waals surface area contributed by atoms with E-state index in [0.717, 1.165) is 15.6 Å². The maximum absolute atomic E-state index is 12.4. The van der Waals surface area contributed by atoms with Crippen molar-refractivity contribution in [2.24, 2.45) is 0 Å². The van der Waals surface area contributed by atoms with E-state index in [1.165, 1.54) is 0 Å². The van der Waals surface area contributed by atoms with E-state index >= 15 is 0 Å². The first kappa shape index (κ1) is 19.8. The highest BCUT2D eigenvalue weighted by molar-refractivity contribution is 9.10. The van der Waals surface area contributed by atoms with Crippen molar-refractivity contribution < 1.29 is 9.59 Å². The Hall–Kier alpha value is -2.99. The van der Waals surface area contributed by atoms with E-state index in [1.54, 1.807) is 48.6 Å². The normalized spacial score (nSPS) is 10.4. The van der Waals surface area contributed by atoms with Crippen LogP contribution in [-0.4, -0.2) is 28.7 Å². The number of halogens is 1. The lowest BCUT2D eigenvalue weighted by atomic mass is 10.1. The molecule has 0 bridgehead atoms. The SMILES string of the molecule is CN(Cc1cccnc1)C(=O)Cc1ccc(NC(=O)c2cccc(Br)c2)cc1. The van der Waals surface area contributed by atoms with Gasteiger partial charge in [0.25, 0.3) is 5.91 Å². The molecule has 3 aromatic rings. The van der Waals surface area contributed by atoms with Crippen molar-refractivity contribution in [2.75, 3.05) is 12.4 Å². The van der Waals surface area contributed by atoms with Crippen LogP contribution < -0.4 is 5.32 Å². The van der Waals surface area contributed by atoms with Crippen LogP contribution >= 0.6 is 15.9 Å². The first-order chi connectivity index (χ1) is 13.5. The third kappa shape index (κ3) is 5.50. The second kappa shape index (κ2) is 9.28. The number of anilines is 1. The van der Waals surface area contributed by atoms with Gasteiger partial charge in [-0.3, -0.25) is 14.6 Å². The van der Waals surface area contributed by atoms with E-state index in [1.807, 2.05) is 36.4 Å². The van der Waals surface area contributed by atoms with Gasteiger partial charge in [-0.15, -0.1) is 0 Å².